The summed E-state index contributed by atoms with van der Waals surface area (Å²) in [5.41, 5.74) is 1.83. The van der Waals surface area contributed by atoms with Gasteiger partial charge in [-0.3, -0.25) is 0 Å². The molecule has 0 unspecified atom stereocenters. The molecule has 1 aromatic carbocycles. The molecular formula is C14H15ClN2O2. The second-order valence-electron chi connectivity index (χ2n) is 3.86. The number of halogens is 1. The Hall–Kier alpha value is -1.94. The van der Waals surface area contributed by atoms with Crippen molar-refractivity contribution in [1.82, 2.24) is 4.98 Å². The SMILES string of the molecule is COc1cc(NCc2c(Cl)cccc2OC)ccn1. The molecule has 0 aliphatic heterocycles. The molecule has 100 valence electrons. The molecule has 2 rings (SSSR count). The van der Waals surface area contributed by atoms with E-state index in [4.69, 9.17) is 21.1 Å². The lowest BCUT2D eigenvalue weighted by Crippen LogP contribution is -2.03. The van der Waals surface area contributed by atoms with Gasteiger partial charge in [-0.05, 0) is 18.2 Å². The number of hydrogen-bond donors (Lipinski definition) is 1. The van der Waals surface area contributed by atoms with E-state index in [2.05, 4.69) is 10.3 Å². The highest BCUT2D eigenvalue weighted by Crippen LogP contribution is 2.27. The van der Waals surface area contributed by atoms with Gasteiger partial charge in [0, 0.05) is 35.1 Å². The van der Waals surface area contributed by atoms with Gasteiger partial charge in [0.05, 0.1) is 14.2 Å². The maximum Gasteiger partial charge on any atom is 0.214 e. The van der Waals surface area contributed by atoms with E-state index >= 15 is 0 Å². The van der Waals surface area contributed by atoms with Crippen LogP contribution in [0.25, 0.3) is 0 Å². The molecule has 0 amide bonds. The second kappa shape index (κ2) is 6.29. The van der Waals surface area contributed by atoms with Crippen molar-refractivity contribution in [2.75, 3.05) is 19.5 Å². The first-order chi connectivity index (χ1) is 9.24. The molecule has 1 N–H and O–H groups in total. The highest BCUT2D eigenvalue weighted by molar-refractivity contribution is 6.31. The van der Waals surface area contributed by atoms with E-state index in [1.54, 1.807) is 20.4 Å². The van der Waals surface area contributed by atoms with E-state index in [-0.39, 0.29) is 0 Å². The van der Waals surface area contributed by atoms with E-state index in [0.717, 1.165) is 17.0 Å². The number of hydrogen-bond acceptors (Lipinski definition) is 4. The quantitative estimate of drug-likeness (QED) is 0.911. The third kappa shape index (κ3) is 3.29. The number of aromatic nitrogens is 1. The summed E-state index contributed by atoms with van der Waals surface area (Å²) in [7, 11) is 3.22. The van der Waals surface area contributed by atoms with Gasteiger partial charge in [0.1, 0.15) is 5.75 Å². The van der Waals surface area contributed by atoms with Gasteiger partial charge >= 0.3 is 0 Å². The lowest BCUT2D eigenvalue weighted by Gasteiger charge is -2.12. The zero-order valence-electron chi connectivity index (χ0n) is 10.8. The predicted molar refractivity (Wildman–Crippen MR) is 76.1 cm³/mol. The third-order valence-corrected chi connectivity index (χ3v) is 3.06. The number of pyridine rings is 1. The molecule has 0 aliphatic rings. The van der Waals surface area contributed by atoms with Crippen LogP contribution in [0.3, 0.4) is 0 Å². The van der Waals surface area contributed by atoms with Gasteiger partial charge in [-0.1, -0.05) is 17.7 Å². The molecule has 2 aromatic rings. The van der Waals surface area contributed by atoms with E-state index in [1.165, 1.54) is 0 Å². The molecule has 0 bridgehead atoms. The lowest BCUT2D eigenvalue weighted by atomic mass is 10.2. The number of anilines is 1. The summed E-state index contributed by atoms with van der Waals surface area (Å²) >= 11 is 6.18. The zero-order valence-corrected chi connectivity index (χ0v) is 11.6. The van der Waals surface area contributed by atoms with Crippen LogP contribution in [0.15, 0.2) is 36.5 Å². The predicted octanol–water partition coefficient (Wildman–Crippen LogP) is 3.36. The molecule has 5 heteroatoms. The van der Waals surface area contributed by atoms with Gasteiger partial charge < -0.3 is 14.8 Å². The van der Waals surface area contributed by atoms with Crippen LogP contribution < -0.4 is 14.8 Å². The van der Waals surface area contributed by atoms with Crippen LogP contribution in [0.2, 0.25) is 5.02 Å². The maximum absolute atomic E-state index is 6.18. The fourth-order valence-corrected chi connectivity index (χ4v) is 1.96. The molecule has 4 nitrogen and oxygen atoms in total. The highest BCUT2D eigenvalue weighted by atomic mass is 35.5. The zero-order chi connectivity index (χ0) is 13.7. The minimum Gasteiger partial charge on any atom is -0.496 e. The summed E-state index contributed by atoms with van der Waals surface area (Å²) in [6.07, 6.45) is 1.69. The Balaban J connectivity index is 2.14. The highest BCUT2D eigenvalue weighted by Gasteiger charge is 2.07. The fraction of sp³-hybridized carbons (Fsp3) is 0.214. The average molecular weight is 279 g/mol. The number of ether oxygens (including phenoxy) is 2. The molecule has 0 saturated carbocycles. The number of nitrogens with zero attached hydrogens (tertiary/aromatic N) is 1. The molecule has 1 aromatic heterocycles. The van der Waals surface area contributed by atoms with Crippen LogP contribution >= 0.6 is 11.6 Å². The van der Waals surface area contributed by atoms with Crippen molar-refractivity contribution >= 4 is 17.3 Å². The van der Waals surface area contributed by atoms with Crippen LogP contribution in [0, 0.1) is 0 Å². The van der Waals surface area contributed by atoms with Gasteiger partial charge in [0.2, 0.25) is 5.88 Å². The largest absolute Gasteiger partial charge is 0.496 e. The monoisotopic (exact) mass is 278 g/mol. The van der Waals surface area contributed by atoms with Crippen LogP contribution in [-0.2, 0) is 6.54 Å². The molecule has 0 aliphatic carbocycles. The number of benzene rings is 1. The first-order valence-electron chi connectivity index (χ1n) is 5.80. The molecule has 1 heterocycles. The Morgan fingerprint density at radius 3 is 2.79 bits per heavy atom. The molecule has 0 radical (unpaired) electrons. The van der Waals surface area contributed by atoms with Crippen LogP contribution in [0.1, 0.15) is 5.56 Å². The van der Waals surface area contributed by atoms with Crippen molar-refractivity contribution < 1.29 is 9.47 Å². The summed E-state index contributed by atoms with van der Waals surface area (Å²) in [6, 6.07) is 9.28. The Kier molecular flexibility index (Phi) is 4.47. The van der Waals surface area contributed by atoms with Crippen molar-refractivity contribution in [1.29, 1.82) is 0 Å². The summed E-state index contributed by atoms with van der Waals surface area (Å²) < 4.78 is 10.4. The van der Waals surface area contributed by atoms with Gasteiger partial charge in [0.25, 0.3) is 0 Å². The number of rotatable bonds is 5. The van der Waals surface area contributed by atoms with Crippen molar-refractivity contribution in [3.05, 3.63) is 47.1 Å². The topological polar surface area (TPSA) is 43.4 Å². The van der Waals surface area contributed by atoms with Gasteiger partial charge in [-0.25, -0.2) is 4.98 Å². The Morgan fingerprint density at radius 2 is 2.05 bits per heavy atom. The number of nitrogens with one attached hydrogen (secondary N) is 1. The van der Waals surface area contributed by atoms with Gasteiger partial charge in [-0.15, -0.1) is 0 Å². The molecule has 0 spiro atoms. The standard InChI is InChI=1S/C14H15ClN2O2/c1-18-13-5-3-4-12(15)11(13)9-17-10-6-7-16-14(8-10)19-2/h3-8H,9H2,1-2H3,(H,16,17). The molecule has 0 atom stereocenters. The third-order valence-electron chi connectivity index (χ3n) is 2.71. The Labute approximate surface area is 117 Å². The van der Waals surface area contributed by atoms with Crippen molar-refractivity contribution in [2.45, 2.75) is 6.54 Å². The van der Waals surface area contributed by atoms with Crippen LogP contribution in [0.4, 0.5) is 5.69 Å². The fourth-order valence-electron chi connectivity index (χ4n) is 1.72. The average Bonchev–Trinajstić information content (AvgIpc) is 2.46. The second-order valence-corrected chi connectivity index (χ2v) is 4.27. The summed E-state index contributed by atoms with van der Waals surface area (Å²) in [5, 5.41) is 3.94. The number of methoxy groups -OCH3 is 2. The smallest absolute Gasteiger partial charge is 0.214 e. The molecule has 19 heavy (non-hydrogen) atoms. The van der Waals surface area contributed by atoms with Crippen LogP contribution in [0.5, 0.6) is 11.6 Å². The van der Waals surface area contributed by atoms with Crippen molar-refractivity contribution in [3.8, 4) is 11.6 Å². The Morgan fingerprint density at radius 1 is 1.21 bits per heavy atom. The van der Waals surface area contributed by atoms with Gasteiger partial charge in [-0.2, -0.15) is 0 Å². The molecular weight excluding hydrogens is 264 g/mol. The van der Waals surface area contributed by atoms with E-state index in [0.29, 0.717) is 17.4 Å². The first kappa shape index (κ1) is 13.5. The summed E-state index contributed by atoms with van der Waals surface area (Å²) in [5.74, 6) is 1.33. The Bertz CT molecular complexity index is 561. The normalized spacial score (nSPS) is 10.1. The van der Waals surface area contributed by atoms with Crippen molar-refractivity contribution in [3.63, 3.8) is 0 Å². The van der Waals surface area contributed by atoms with Crippen molar-refractivity contribution in [2.24, 2.45) is 0 Å². The van der Waals surface area contributed by atoms with E-state index in [9.17, 15) is 0 Å². The maximum atomic E-state index is 6.18. The summed E-state index contributed by atoms with van der Waals surface area (Å²) in [4.78, 5) is 4.05. The van der Waals surface area contributed by atoms with Crippen LogP contribution in [-0.4, -0.2) is 19.2 Å². The van der Waals surface area contributed by atoms with E-state index < -0.39 is 0 Å². The van der Waals surface area contributed by atoms with Gasteiger partial charge in [0.15, 0.2) is 0 Å². The first-order valence-corrected chi connectivity index (χ1v) is 6.17. The summed E-state index contributed by atoms with van der Waals surface area (Å²) in [6.45, 7) is 0.565. The minimum absolute atomic E-state index is 0.565. The lowest BCUT2D eigenvalue weighted by molar-refractivity contribution is 0.398. The molecule has 0 saturated heterocycles. The molecule has 0 fully saturated rings. The minimum atomic E-state index is 0.565. The van der Waals surface area contributed by atoms with E-state index in [1.807, 2.05) is 30.3 Å².